The smallest absolute Gasteiger partial charge is 0.100 e. The molecule has 3 aromatic rings. The number of imidazole rings is 1. The molecule has 0 aliphatic heterocycles. The first-order valence-electron chi connectivity index (χ1n) is 4.93. The van der Waals surface area contributed by atoms with Crippen LogP contribution in [0.25, 0.3) is 16.7 Å². The first-order chi connectivity index (χ1) is 7.45. The number of hydrogen-bond acceptors (Lipinski definition) is 1. The van der Waals surface area contributed by atoms with Crippen molar-refractivity contribution in [1.82, 2.24) is 9.55 Å². The second-order valence-electron chi connectivity index (χ2n) is 3.44. The van der Waals surface area contributed by atoms with Crippen LogP contribution in [-0.2, 0) is 0 Å². The summed E-state index contributed by atoms with van der Waals surface area (Å²) in [7, 11) is 0. The van der Waals surface area contributed by atoms with Crippen LogP contribution >= 0.6 is 24.0 Å². The van der Waals surface area contributed by atoms with Gasteiger partial charge >= 0.3 is 0 Å². The van der Waals surface area contributed by atoms with E-state index in [0.29, 0.717) is 0 Å². The third-order valence-electron chi connectivity index (χ3n) is 2.49. The number of hydrogen-bond donors (Lipinski definition) is 0. The van der Waals surface area contributed by atoms with Crippen LogP contribution in [0, 0.1) is 0 Å². The number of para-hydroxylation sites is 3. The Kier molecular flexibility index (Phi) is 3.24. The van der Waals surface area contributed by atoms with Gasteiger partial charge in [0.15, 0.2) is 0 Å². The summed E-state index contributed by atoms with van der Waals surface area (Å²) >= 11 is 0. The topological polar surface area (TPSA) is 17.8 Å². The summed E-state index contributed by atoms with van der Waals surface area (Å²) in [5.41, 5.74) is 3.32. The number of aromatic nitrogens is 2. The standard InChI is InChI=1S/C13H10N2.HI/c1-2-6-11(7-3-1)15-10-14-12-8-4-5-9-13(12)15;/h1-10H;1H. The summed E-state index contributed by atoms with van der Waals surface area (Å²) < 4.78 is 2.09. The van der Waals surface area contributed by atoms with Gasteiger partial charge in [0.1, 0.15) is 6.33 Å². The lowest BCUT2D eigenvalue weighted by atomic mass is 10.3. The normalized spacial score (nSPS) is 10.0. The van der Waals surface area contributed by atoms with Crippen molar-refractivity contribution in [2.45, 2.75) is 0 Å². The first-order valence-corrected chi connectivity index (χ1v) is 4.93. The third-order valence-corrected chi connectivity index (χ3v) is 2.49. The Labute approximate surface area is 111 Å². The highest BCUT2D eigenvalue weighted by Crippen LogP contribution is 2.16. The summed E-state index contributed by atoms with van der Waals surface area (Å²) in [4.78, 5) is 4.36. The number of fused-ring (bicyclic) bond motifs is 1. The van der Waals surface area contributed by atoms with Crippen molar-refractivity contribution in [2.24, 2.45) is 0 Å². The van der Waals surface area contributed by atoms with Gasteiger partial charge in [-0.05, 0) is 24.3 Å². The van der Waals surface area contributed by atoms with Crippen molar-refractivity contribution in [1.29, 1.82) is 0 Å². The molecule has 0 fully saturated rings. The number of benzene rings is 2. The van der Waals surface area contributed by atoms with Crippen molar-refractivity contribution >= 4 is 35.0 Å². The molecule has 0 aliphatic carbocycles. The van der Waals surface area contributed by atoms with Gasteiger partial charge in [-0.15, -0.1) is 24.0 Å². The van der Waals surface area contributed by atoms with Crippen LogP contribution < -0.4 is 0 Å². The zero-order chi connectivity index (χ0) is 10.1. The molecule has 1 aromatic heterocycles. The molecule has 0 amide bonds. The van der Waals surface area contributed by atoms with E-state index in [-0.39, 0.29) is 24.0 Å². The molecule has 0 atom stereocenters. The van der Waals surface area contributed by atoms with Crippen LogP contribution in [0.5, 0.6) is 0 Å². The fourth-order valence-electron chi connectivity index (χ4n) is 1.75. The predicted molar refractivity (Wildman–Crippen MR) is 76.5 cm³/mol. The Hall–Kier alpha value is -1.36. The minimum atomic E-state index is 0. The maximum absolute atomic E-state index is 4.36. The highest BCUT2D eigenvalue weighted by molar-refractivity contribution is 14.0. The van der Waals surface area contributed by atoms with Crippen molar-refractivity contribution in [3.8, 4) is 5.69 Å². The zero-order valence-corrected chi connectivity index (χ0v) is 10.9. The molecule has 3 heteroatoms. The molecule has 0 unspecified atom stereocenters. The van der Waals surface area contributed by atoms with E-state index in [1.807, 2.05) is 42.7 Å². The van der Waals surface area contributed by atoms with E-state index in [1.165, 1.54) is 0 Å². The van der Waals surface area contributed by atoms with E-state index in [4.69, 9.17) is 0 Å². The Morgan fingerprint density at radius 3 is 2.31 bits per heavy atom. The molecule has 2 aromatic carbocycles. The van der Waals surface area contributed by atoms with Crippen molar-refractivity contribution in [3.05, 3.63) is 60.9 Å². The van der Waals surface area contributed by atoms with E-state index in [9.17, 15) is 0 Å². The molecule has 0 saturated heterocycles. The SMILES string of the molecule is I.c1ccc(-n2cnc3ccccc32)cc1. The summed E-state index contributed by atoms with van der Waals surface area (Å²) in [6.45, 7) is 0. The summed E-state index contributed by atoms with van der Waals surface area (Å²) in [6, 6.07) is 18.4. The molecule has 16 heavy (non-hydrogen) atoms. The van der Waals surface area contributed by atoms with Crippen LogP contribution in [0.4, 0.5) is 0 Å². The Morgan fingerprint density at radius 2 is 1.50 bits per heavy atom. The molecule has 2 nitrogen and oxygen atoms in total. The Balaban J connectivity index is 0.000000963. The van der Waals surface area contributed by atoms with Crippen LogP contribution in [-0.4, -0.2) is 9.55 Å². The highest BCUT2D eigenvalue weighted by atomic mass is 127. The quantitative estimate of drug-likeness (QED) is 0.626. The second kappa shape index (κ2) is 4.65. The molecule has 0 bridgehead atoms. The van der Waals surface area contributed by atoms with Crippen molar-refractivity contribution in [3.63, 3.8) is 0 Å². The lowest BCUT2D eigenvalue weighted by molar-refractivity contribution is 1.09. The molecule has 80 valence electrons. The average molecular weight is 322 g/mol. The van der Waals surface area contributed by atoms with Gasteiger partial charge in [-0.1, -0.05) is 30.3 Å². The van der Waals surface area contributed by atoms with Gasteiger partial charge in [0.05, 0.1) is 11.0 Å². The van der Waals surface area contributed by atoms with Crippen LogP contribution in [0.15, 0.2) is 60.9 Å². The van der Waals surface area contributed by atoms with Crippen molar-refractivity contribution < 1.29 is 0 Å². The fraction of sp³-hybridized carbons (Fsp3) is 0. The highest BCUT2D eigenvalue weighted by Gasteiger charge is 2.01. The lowest BCUT2D eigenvalue weighted by Crippen LogP contribution is -1.90. The predicted octanol–water partition coefficient (Wildman–Crippen LogP) is 3.64. The van der Waals surface area contributed by atoms with E-state index >= 15 is 0 Å². The Bertz CT molecular complexity index is 587. The molecule has 0 spiro atoms. The van der Waals surface area contributed by atoms with Gasteiger partial charge in [-0.25, -0.2) is 4.98 Å². The minimum absolute atomic E-state index is 0. The first kappa shape index (κ1) is 11.1. The molecule has 0 N–H and O–H groups in total. The van der Waals surface area contributed by atoms with E-state index in [0.717, 1.165) is 16.7 Å². The molecule has 0 saturated carbocycles. The largest absolute Gasteiger partial charge is 0.299 e. The van der Waals surface area contributed by atoms with Crippen molar-refractivity contribution in [2.75, 3.05) is 0 Å². The summed E-state index contributed by atoms with van der Waals surface area (Å²) in [5.74, 6) is 0. The minimum Gasteiger partial charge on any atom is -0.299 e. The number of halogens is 1. The number of rotatable bonds is 1. The fourth-order valence-corrected chi connectivity index (χ4v) is 1.75. The molecular formula is C13H11IN2. The molecule has 0 radical (unpaired) electrons. The van der Waals surface area contributed by atoms with Gasteiger partial charge in [-0.2, -0.15) is 0 Å². The van der Waals surface area contributed by atoms with Gasteiger partial charge < -0.3 is 0 Å². The Morgan fingerprint density at radius 1 is 0.812 bits per heavy atom. The monoisotopic (exact) mass is 322 g/mol. The second-order valence-corrected chi connectivity index (χ2v) is 3.44. The number of nitrogens with zero attached hydrogens (tertiary/aromatic N) is 2. The third kappa shape index (κ3) is 1.82. The van der Waals surface area contributed by atoms with Gasteiger partial charge in [0, 0.05) is 5.69 Å². The van der Waals surface area contributed by atoms with E-state index in [2.05, 4.69) is 27.8 Å². The van der Waals surface area contributed by atoms with Gasteiger partial charge in [-0.3, -0.25) is 4.57 Å². The van der Waals surface area contributed by atoms with Gasteiger partial charge in [0.25, 0.3) is 0 Å². The summed E-state index contributed by atoms with van der Waals surface area (Å²) in [5, 5.41) is 0. The van der Waals surface area contributed by atoms with Crippen LogP contribution in [0.3, 0.4) is 0 Å². The summed E-state index contributed by atoms with van der Waals surface area (Å²) in [6.07, 6.45) is 1.86. The van der Waals surface area contributed by atoms with Crippen LogP contribution in [0.2, 0.25) is 0 Å². The van der Waals surface area contributed by atoms with E-state index < -0.39 is 0 Å². The maximum Gasteiger partial charge on any atom is 0.100 e. The van der Waals surface area contributed by atoms with E-state index in [1.54, 1.807) is 0 Å². The maximum atomic E-state index is 4.36. The molecule has 3 rings (SSSR count). The van der Waals surface area contributed by atoms with Crippen LogP contribution in [0.1, 0.15) is 0 Å². The zero-order valence-electron chi connectivity index (χ0n) is 8.58. The average Bonchev–Trinajstić information content (AvgIpc) is 2.74. The molecule has 1 heterocycles. The van der Waals surface area contributed by atoms with Gasteiger partial charge in [0.2, 0.25) is 0 Å². The lowest BCUT2D eigenvalue weighted by Gasteiger charge is -2.02. The molecule has 0 aliphatic rings. The molecular weight excluding hydrogens is 311 g/mol.